The Morgan fingerprint density at radius 1 is 1.23 bits per heavy atom. The average molecular weight is 313 g/mol. The Bertz CT molecular complexity index is 366. The van der Waals surface area contributed by atoms with Crippen molar-refractivity contribution >= 4 is 5.96 Å². The third-order valence-corrected chi connectivity index (χ3v) is 4.66. The molecule has 130 valence electrons. The average Bonchev–Trinajstić information content (AvgIpc) is 2.47. The van der Waals surface area contributed by atoms with E-state index in [1.807, 2.05) is 7.05 Å². The predicted molar refractivity (Wildman–Crippen MR) is 94.5 cm³/mol. The van der Waals surface area contributed by atoms with Gasteiger partial charge in [0.15, 0.2) is 5.96 Å². The van der Waals surface area contributed by atoms with E-state index in [4.69, 9.17) is 4.74 Å². The van der Waals surface area contributed by atoms with E-state index in [1.54, 1.807) is 7.11 Å². The molecule has 22 heavy (non-hydrogen) atoms. The zero-order valence-electron chi connectivity index (χ0n) is 15.6. The molecule has 1 aliphatic rings. The van der Waals surface area contributed by atoms with Crippen molar-refractivity contribution in [3.8, 4) is 0 Å². The van der Waals surface area contributed by atoms with Gasteiger partial charge in [-0.2, -0.15) is 0 Å². The monoisotopic (exact) mass is 312 g/mol. The van der Waals surface area contributed by atoms with Gasteiger partial charge in [0.05, 0.1) is 5.60 Å². The van der Waals surface area contributed by atoms with Crippen molar-refractivity contribution in [2.45, 2.75) is 58.6 Å². The summed E-state index contributed by atoms with van der Waals surface area (Å²) < 4.78 is 5.43. The largest absolute Gasteiger partial charge is 0.377 e. The van der Waals surface area contributed by atoms with Crippen LogP contribution in [0, 0.1) is 5.92 Å². The summed E-state index contributed by atoms with van der Waals surface area (Å²) >= 11 is 0. The molecular weight excluding hydrogens is 276 g/mol. The molecule has 1 rings (SSSR count). The number of nitrogens with one attached hydrogen (secondary N) is 2. The first-order chi connectivity index (χ1) is 10.2. The van der Waals surface area contributed by atoms with Crippen LogP contribution in [0.5, 0.6) is 0 Å². The lowest BCUT2D eigenvalue weighted by Crippen LogP contribution is -2.56. The van der Waals surface area contributed by atoms with Crippen LogP contribution in [0.4, 0.5) is 0 Å². The van der Waals surface area contributed by atoms with Gasteiger partial charge < -0.3 is 15.4 Å². The highest BCUT2D eigenvalue weighted by Crippen LogP contribution is 2.23. The number of likely N-dealkylation sites (tertiary alicyclic amines) is 1. The zero-order valence-corrected chi connectivity index (χ0v) is 15.6. The molecule has 1 unspecified atom stereocenters. The highest BCUT2D eigenvalue weighted by molar-refractivity contribution is 5.79. The maximum absolute atomic E-state index is 5.43. The smallest absolute Gasteiger partial charge is 0.191 e. The molecule has 2 N–H and O–H groups in total. The van der Waals surface area contributed by atoms with E-state index in [1.165, 1.54) is 25.9 Å². The molecule has 0 amide bonds. The lowest BCUT2D eigenvalue weighted by molar-refractivity contribution is 0.0267. The molecule has 5 heteroatoms. The molecular formula is C17H36N4O. The normalized spacial score (nSPS) is 21.8. The molecule has 0 aliphatic carbocycles. The molecule has 5 nitrogen and oxygen atoms in total. The second-order valence-electron chi connectivity index (χ2n) is 7.75. The van der Waals surface area contributed by atoms with Crippen molar-refractivity contribution in [2.75, 3.05) is 40.3 Å². The van der Waals surface area contributed by atoms with Gasteiger partial charge in [-0.05, 0) is 53.0 Å². The Morgan fingerprint density at radius 2 is 1.86 bits per heavy atom. The lowest BCUT2D eigenvalue weighted by atomic mass is 9.93. The van der Waals surface area contributed by atoms with Crippen molar-refractivity contribution in [2.24, 2.45) is 10.9 Å². The van der Waals surface area contributed by atoms with E-state index in [9.17, 15) is 0 Å². The van der Waals surface area contributed by atoms with Crippen LogP contribution in [0.1, 0.15) is 47.5 Å². The van der Waals surface area contributed by atoms with Crippen molar-refractivity contribution < 1.29 is 4.74 Å². The number of rotatable bonds is 6. The van der Waals surface area contributed by atoms with Gasteiger partial charge in [0.1, 0.15) is 0 Å². The molecule has 1 aliphatic heterocycles. The first-order valence-corrected chi connectivity index (χ1v) is 8.45. The summed E-state index contributed by atoms with van der Waals surface area (Å²) in [5, 5.41) is 6.80. The van der Waals surface area contributed by atoms with Crippen molar-refractivity contribution in [1.82, 2.24) is 15.5 Å². The lowest BCUT2D eigenvalue weighted by Gasteiger charge is -2.43. The van der Waals surface area contributed by atoms with E-state index in [0.29, 0.717) is 0 Å². The third kappa shape index (κ3) is 6.13. The Balaban J connectivity index is 2.47. The quantitative estimate of drug-likeness (QED) is 0.582. The molecule has 0 spiro atoms. The molecule has 0 radical (unpaired) electrons. The SMILES string of the molecule is CN=C(NCC(C)(C)OC)NCC(C)(C)N1CCCC(C)C1. The van der Waals surface area contributed by atoms with Crippen LogP contribution in [-0.4, -0.2) is 62.3 Å². The molecule has 0 aromatic carbocycles. The molecule has 1 atom stereocenters. The molecule has 1 saturated heterocycles. The van der Waals surface area contributed by atoms with E-state index >= 15 is 0 Å². The number of methoxy groups -OCH3 is 1. The number of nitrogens with zero attached hydrogens (tertiary/aromatic N) is 2. The van der Waals surface area contributed by atoms with Crippen LogP contribution < -0.4 is 10.6 Å². The molecule has 1 heterocycles. The molecule has 1 fully saturated rings. The Morgan fingerprint density at radius 3 is 2.41 bits per heavy atom. The number of hydrogen-bond donors (Lipinski definition) is 2. The number of ether oxygens (including phenoxy) is 1. The fourth-order valence-corrected chi connectivity index (χ4v) is 2.74. The first kappa shape index (κ1) is 19.2. The summed E-state index contributed by atoms with van der Waals surface area (Å²) in [5.74, 6) is 1.64. The van der Waals surface area contributed by atoms with Gasteiger partial charge in [0.2, 0.25) is 0 Å². The summed E-state index contributed by atoms with van der Waals surface area (Å²) in [6.07, 6.45) is 2.66. The van der Waals surface area contributed by atoms with Crippen LogP contribution in [0.3, 0.4) is 0 Å². The number of guanidine groups is 1. The van der Waals surface area contributed by atoms with E-state index in [-0.39, 0.29) is 11.1 Å². The summed E-state index contributed by atoms with van der Waals surface area (Å²) in [5.41, 5.74) is -0.0709. The molecule has 0 aromatic heterocycles. The van der Waals surface area contributed by atoms with Crippen LogP contribution in [0.2, 0.25) is 0 Å². The Labute approximate surface area is 136 Å². The number of aliphatic imine (C=N–C) groups is 1. The van der Waals surface area contributed by atoms with E-state index < -0.39 is 0 Å². The zero-order chi connectivity index (χ0) is 16.8. The van der Waals surface area contributed by atoms with Gasteiger partial charge in [-0.1, -0.05) is 6.92 Å². The maximum Gasteiger partial charge on any atom is 0.191 e. The number of hydrogen-bond acceptors (Lipinski definition) is 3. The summed E-state index contributed by atoms with van der Waals surface area (Å²) in [6.45, 7) is 15.1. The Kier molecular flexibility index (Phi) is 7.13. The van der Waals surface area contributed by atoms with Gasteiger partial charge in [-0.3, -0.25) is 9.89 Å². The maximum atomic E-state index is 5.43. The molecule has 0 bridgehead atoms. The minimum atomic E-state index is -0.199. The van der Waals surface area contributed by atoms with Crippen molar-refractivity contribution in [3.63, 3.8) is 0 Å². The van der Waals surface area contributed by atoms with Gasteiger partial charge in [-0.25, -0.2) is 0 Å². The highest BCUT2D eigenvalue weighted by Gasteiger charge is 2.30. The Hall–Kier alpha value is -0.810. The van der Waals surface area contributed by atoms with E-state index in [0.717, 1.165) is 25.0 Å². The van der Waals surface area contributed by atoms with Crippen molar-refractivity contribution in [3.05, 3.63) is 0 Å². The van der Waals surface area contributed by atoms with Gasteiger partial charge >= 0.3 is 0 Å². The standard InChI is InChI=1S/C17H36N4O/c1-14-9-8-10-21(11-14)16(2,3)12-19-15(18-6)20-13-17(4,5)22-7/h14H,8-13H2,1-7H3,(H2,18,19,20). The predicted octanol–water partition coefficient (Wildman–Crippen LogP) is 2.09. The fourth-order valence-electron chi connectivity index (χ4n) is 2.74. The van der Waals surface area contributed by atoms with Crippen molar-refractivity contribution in [1.29, 1.82) is 0 Å². The van der Waals surface area contributed by atoms with Gasteiger partial charge in [0, 0.05) is 39.3 Å². The number of piperidine rings is 1. The second kappa shape index (κ2) is 8.16. The van der Waals surface area contributed by atoms with Crippen LogP contribution in [0.25, 0.3) is 0 Å². The first-order valence-electron chi connectivity index (χ1n) is 8.45. The van der Waals surface area contributed by atoms with Crippen LogP contribution in [0.15, 0.2) is 4.99 Å². The highest BCUT2D eigenvalue weighted by atomic mass is 16.5. The minimum Gasteiger partial charge on any atom is -0.377 e. The van der Waals surface area contributed by atoms with Gasteiger partial charge in [0.25, 0.3) is 0 Å². The molecule has 0 saturated carbocycles. The third-order valence-electron chi connectivity index (χ3n) is 4.66. The topological polar surface area (TPSA) is 48.9 Å². The summed E-state index contributed by atoms with van der Waals surface area (Å²) in [7, 11) is 3.55. The van der Waals surface area contributed by atoms with E-state index in [2.05, 4.69) is 55.1 Å². The second-order valence-corrected chi connectivity index (χ2v) is 7.75. The summed E-state index contributed by atoms with van der Waals surface area (Å²) in [6, 6.07) is 0. The minimum absolute atomic E-state index is 0.128. The molecule has 0 aromatic rings. The fraction of sp³-hybridized carbons (Fsp3) is 0.941. The summed E-state index contributed by atoms with van der Waals surface area (Å²) in [4.78, 5) is 6.91. The van der Waals surface area contributed by atoms with Crippen LogP contribution in [-0.2, 0) is 4.74 Å². The van der Waals surface area contributed by atoms with Gasteiger partial charge in [-0.15, -0.1) is 0 Å². The van der Waals surface area contributed by atoms with Crippen LogP contribution >= 0.6 is 0 Å².